The SMILES string of the molecule is CN(C)C[C@@]1(O)CCN(C(=O)c2ccc3ccccc3n2)C1. The van der Waals surface area contributed by atoms with Gasteiger partial charge in [-0.3, -0.25) is 4.79 Å². The van der Waals surface area contributed by atoms with E-state index in [-0.39, 0.29) is 5.91 Å². The topological polar surface area (TPSA) is 56.7 Å². The van der Waals surface area contributed by atoms with E-state index in [4.69, 9.17) is 0 Å². The number of aromatic nitrogens is 1. The van der Waals surface area contributed by atoms with E-state index in [2.05, 4.69) is 4.98 Å². The van der Waals surface area contributed by atoms with Gasteiger partial charge in [0.05, 0.1) is 17.7 Å². The van der Waals surface area contributed by atoms with Crippen LogP contribution in [0.25, 0.3) is 10.9 Å². The highest BCUT2D eigenvalue weighted by Gasteiger charge is 2.39. The first-order valence-corrected chi connectivity index (χ1v) is 7.49. The maximum Gasteiger partial charge on any atom is 0.272 e. The third-order valence-electron chi connectivity index (χ3n) is 4.05. The largest absolute Gasteiger partial charge is 0.387 e. The molecule has 1 N–H and O–H groups in total. The minimum Gasteiger partial charge on any atom is -0.387 e. The van der Waals surface area contributed by atoms with Gasteiger partial charge in [-0.1, -0.05) is 24.3 Å². The Kier molecular flexibility index (Phi) is 3.85. The van der Waals surface area contributed by atoms with Crippen molar-refractivity contribution in [2.75, 3.05) is 33.7 Å². The molecule has 5 heteroatoms. The highest BCUT2D eigenvalue weighted by Crippen LogP contribution is 2.23. The summed E-state index contributed by atoms with van der Waals surface area (Å²) in [6.45, 7) is 1.48. The monoisotopic (exact) mass is 299 g/mol. The Labute approximate surface area is 130 Å². The van der Waals surface area contributed by atoms with Gasteiger partial charge in [0.25, 0.3) is 5.91 Å². The first-order valence-electron chi connectivity index (χ1n) is 7.49. The van der Waals surface area contributed by atoms with E-state index >= 15 is 0 Å². The number of β-amino-alcohol motifs (C(OH)–C–C–N with tert-alkyl or cyclic N) is 1. The van der Waals surface area contributed by atoms with Crippen LogP contribution in [0.2, 0.25) is 0 Å². The van der Waals surface area contributed by atoms with Crippen LogP contribution in [-0.4, -0.2) is 65.1 Å². The number of likely N-dealkylation sites (N-methyl/N-ethyl adjacent to an activating group) is 1. The Morgan fingerprint density at radius 2 is 2.09 bits per heavy atom. The Hall–Kier alpha value is -1.98. The molecule has 1 saturated heterocycles. The fraction of sp³-hybridized carbons (Fsp3) is 0.412. The number of fused-ring (bicyclic) bond motifs is 1. The number of para-hydroxylation sites is 1. The number of pyridine rings is 1. The highest BCUT2D eigenvalue weighted by molar-refractivity contribution is 5.95. The van der Waals surface area contributed by atoms with Crippen LogP contribution in [0.15, 0.2) is 36.4 Å². The van der Waals surface area contributed by atoms with Gasteiger partial charge in [0.1, 0.15) is 5.69 Å². The summed E-state index contributed by atoms with van der Waals surface area (Å²) in [5, 5.41) is 11.6. The van der Waals surface area contributed by atoms with Crippen LogP contribution in [-0.2, 0) is 0 Å². The Morgan fingerprint density at radius 3 is 2.86 bits per heavy atom. The standard InChI is InChI=1S/C17H21N3O2/c1-19(2)11-17(22)9-10-20(12-17)16(21)15-8-7-13-5-3-4-6-14(13)18-15/h3-8,22H,9-12H2,1-2H3/t17-/m0/s1. The zero-order valence-corrected chi connectivity index (χ0v) is 13.0. The van der Waals surface area contributed by atoms with Crippen molar-refractivity contribution < 1.29 is 9.90 Å². The molecule has 116 valence electrons. The fourth-order valence-electron chi connectivity index (χ4n) is 3.09. The number of hydrogen-bond acceptors (Lipinski definition) is 4. The number of likely N-dealkylation sites (tertiary alicyclic amines) is 1. The van der Waals surface area contributed by atoms with Crippen LogP contribution >= 0.6 is 0 Å². The lowest BCUT2D eigenvalue weighted by Crippen LogP contribution is -2.43. The first kappa shape index (κ1) is 14.9. The molecule has 0 bridgehead atoms. The molecule has 1 aliphatic heterocycles. The number of carbonyl (C=O) groups excluding carboxylic acids is 1. The van der Waals surface area contributed by atoms with Crippen LogP contribution < -0.4 is 0 Å². The second-order valence-corrected chi connectivity index (χ2v) is 6.33. The molecule has 2 heterocycles. The Morgan fingerprint density at radius 1 is 1.32 bits per heavy atom. The highest BCUT2D eigenvalue weighted by atomic mass is 16.3. The number of aliphatic hydroxyl groups is 1. The molecule has 1 aromatic carbocycles. The minimum absolute atomic E-state index is 0.111. The van der Waals surface area contributed by atoms with Gasteiger partial charge >= 0.3 is 0 Å². The number of carbonyl (C=O) groups is 1. The van der Waals surface area contributed by atoms with Crippen LogP contribution in [0.4, 0.5) is 0 Å². The van der Waals surface area contributed by atoms with E-state index in [1.807, 2.05) is 49.3 Å². The lowest BCUT2D eigenvalue weighted by molar-refractivity contribution is 0.0235. The first-order chi connectivity index (χ1) is 10.5. The van der Waals surface area contributed by atoms with Gasteiger partial charge in [-0.15, -0.1) is 0 Å². The molecule has 1 aromatic heterocycles. The van der Waals surface area contributed by atoms with Gasteiger partial charge in [0.2, 0.25) is 0 Å². The summed E-state index contributed by atoms with van der Waals surface area (Å²) in [5.41, 5.74) is 0.430. The van der Waals surface area contributed by atoms with Gasteiger partial charge in [0, 0.05) is 18.5 Å². The summed E-state index contributed by atoms with van der Waals surface area (Å²) in [6, 6.07) is 11.4. The van der Waals surface area contributed by atoms with E-state index in [9.17, 15) is 9.90 Å². The molecule has 0 spiro atoms. The molecule has 0 radical (unpaired) electrons. The summed E-state index contributed by atoms with van der Waals surface area (Å²) >= 11 is 0. The van der Waals surface area contributed by atoms with Crippen LogP contribution in [0.3, 0.4) is 0 Å². The van der Waals surface area contributed by atoms with Gasteiger partial charge in [0.15, 0.2) is 0 Å². The lowest BCUT2D eigenvalue weighted by Gasteiger charge is -2.26. The van der Waals surface area contributed by atoms with Crippen molar-refractivity contribution in [1.29, 1.82) is 0 Å². The molecular formula is C17H21N3O2. The van der Waals surface area contributed by atoms with Crippen molar-refractivity contribution in [3.63, 3.8) is 0 Å². The van der Waals surface area contributed by atoms with E-state index in [1.54, 1.807) is 11.0 Å². The zero-order chi connectivity index (χ0) is 15.7. The number of hydrogen-bond donors (Lipinski definition) is 1. The fourth-order valence-corrected chi connectivity index (χ4v) is 3.09. The van der Waals surface area contributed by atoms with Crippen molar-refractivity contribution in [3.8, 4) is 0 Å². The molecule has 22 heavy (non-hydrogen) atoms. The molecule has 1 fully saturated rings. The predicted octanol–water partition coefficient (Wildman–Crippen LogP) is 1.37. The second-order valence-electron chi connectivity index (χ2n) is 6.33. The maximum absolute atomic E-state index is 12.6. The van der Waals surface area contributed by atoms with Crippen molar-refractivity contribution in [3.05, 3.63) is 42.1 Å². The number of rotatable bonds is 3. The second kappa shape index (κ2) is 5.66. The van der Waals surface area contributed by atoms with Crippen molar-refractivity contribution >= 4 is 16.8 Å². The molecule has 1 atom stereocenters. The predicted molar refractivity (Wildman–Crippen MR) is 85.8 cm³/mol. The minimum atomic E-state index is -0.823. The Balaban J connectivity index is 1.79. The number of nitrogens with zero attached hydrogens (tertiary/aromatic N) is 3. The zero-order valence-electron chi connectivity index (χ0n) is 13.0. The summed E-state index contributed by atoms with van der Waals surface area (Å²) in [7, 11) is 3.85. The average Bonchev–Trinajstić information content (AvgIpc) is 2.87. The quantitative estimate of drug-likeness (QED) is 0.930. The van der Waals surface area contributed by atoms with Crippen molar-refractivity contribution in [2.24, 2.45) is 0 Å². The van der Waals surface area contributed by atoms with Crippen LogP contribution in [0.1, 0.15) is 16.9 Å². The summed E-state index contributed by atoms with van der Waals surface area (Å²) < 4.78 is 0. The van der Waals surface area contributed by atoms with E-state index in [0.29, 0.717) is 31.7 Å². The number of benzene rings is 1. The van der Waals surface area contributed by atoms with Crippen molar-refractivity contribution in [1.82, 2.24) is 14.8 Å². The molecule has 0 aliphatic carbocycles. The van der Waals surface area contributed by atoms with Gasteiger partial charge in [-0.2, -0.15) is 0 Å². The molecule has 5 nitrogen and oxygen atoms in total. The molecule has 1 amide bonds. The molecule has 2 aromatic rings. The molecule has 0 saturated carbocycles. The van der Waals surface area contributed by atoms with Gasteiger partial charge in [-0.25, -0.2) is 4.98 Å². The van der Waals surface area contributed by atoms with E-state index < -0.39 is 5.60 Å². The van der Waals surface area contributed by atoms with Gasteiger partial charge in [-0.05, 0) is 32.6 Å². The van der Waals surface area contributed by atoms with Crippen LogP contribution in [0.5, 0.6) is 0 Å². The summed E-state index contributed by atoms with van der Waals surface area (Å²) in [6.07, 6.45) is 0.602. The summed E-state index contributed by atoms with van der Waals surface area (Å²) in [4.78, 5) is 20.7. The average molecular weight is 299 g/mol. The maximum atomic E-state index is 12.6. The molecular weight excluding hydrogens is 278 g/mol. The number of amides is 1. The molecule has 1 aliphatic rings. The van der Waals surface area contributed by atoms with Crippen molar-refractivity contribution in [2.45, 2.75) is 12.0 Å². The van der Waals surface area contributed by atoms with E-state index in [0.717, 1.165) is 10.9 Å². The summed E-state index contributed by atoms with van der Waals surface area (Å²) in [5.74, 6) is -0.111. The van der Waals surface area contributed by atoms with Crippen LogP contribution in [0, 0.1) is 0 Å². The van der Waals surface area contributed by atoms with E-state index in [1.165, 1.54) is 0 Å². The normalized spacial score (nSPS) is 21.7. The molecule has 3 rings (SSSR count). The molecule has 0 unspecified atom stereocenters. The smallest absolute Gasteiger partial charge is 0.272 e. The Bertz CT molecular complexity index is 701. The lowest BCUT2D eigenvalue weighted by atomic mass is 10.0. The third-order valence-corrected chi connectivity index (χ3v) is 4.05. The third kappa shape index (κ3) is 2.96. The van der Waals surface area contributed by atoms with Gasteiger partial charge < -0.3 is 14.9 Å².